The van der Waals surface area contributed by atoms with Crippen LogP contribution in [0.3, 0.4) is 0 Å². The molecule has 1 aromatic carbocycles. The number of nitrogens with zero attached hydrogens (tertiary/aromatic N) is 1. The van der Waals surface area contributed by atoms with Gasteiger partial charge in [0, 0.05) is 11.1 Å². The third kappa shape index (κ3) is 4.92. The first-order chi connectivity index (χ1) is 11.7. The van der Waals surface area contributed by atoms with Crippen molar-refractivity contribution in [3.05, 3.63) is 35.5 Å². The predicted octanol–water partition coefficient (Wildman–Crippen LogP) is 4.32. The van der Waals surface area contributed by atoms with Crippen molar-refractivity contribution >= 4 is 28.7 Å². The van der Waals surface area contributed by atoms with Crippen LogP contribution in [0, 0.1) is 0 Å². The Kier molecular flexibility index (Phi) is 5.62. The monoisotopic (exact) mass is 344 g/mol. The van der Waals surface area contributed by atoms with Crippen molar-refractivity contribution in [2.75, 3.05) is 11.9 Å². The van der Waals surface area contributed by atoms with E-state index < -0.39 is 17.7 Å². The number of esters is 1. The number of benzene rings is 1. The molecule has 1 aromatic heterocycles. The van der Waals surface area contributed by atoms with E-state index in [2.05, 4.69) is 10.3 Å². The van der Waals surface area contributed by atoms with Gasteiger partial charge in [0.15, 0.2) is 0 Å². The van der Waals surface area contributed by atoms with Gasteiger partial charge in [0.1, 0.15) is 5.60 Å². The van der Waals surface area contributed by atoms with Gasteiger partial charge in [-0.15, -0.1) is 0 Å². The van der Waals surface area contributed by atoms with Crippen LogP contribution in [0.4, 0.5) is 10.5 Å². The Bertz CT molecular complexity index is 794. The number of hydrogen-bond acceptors (Lipinski definition) is 5. The lowest BCUT2D eigenvalue weighted by atomic mass is 10.1. The van der Waals surface area contributed by atoms with E-state index in [-0.39, 0.29) is 0 Å². The minimum Gasteiger partial charge on any atom is -0.462 e. The molecule has 0 saturated heterocycles. The molecule has 0 radical (unpaired) electrons. The van der Waals surface area contributed by atoms with Gasteiger partial charge in [-0.3, -0.25) is 10.3 Å². The molecule has 2 rings (SSSR count). The number of aryl methyl sites for hydroxylation is 1. The van der Waals surface area contributed by atoms with Crippen molar-refractivity contribution in [1.29, 1.82) is 0 Å². The van der Waals surface area contributed by atoms with Crippen molar-refractivity contribution in [2.45, 2.75) is 46.6 Å². The lowest BCUT2D eigenvalue weighted by Gasteiger charge is -2.20. The summed E-state index contributed by atoms with van der Waals surface area (Å²) in [5.74, 6) is -0.410. The third-order valence-electron chi connectivity index (χ3n) is 3.37. The Hall–Kier alpha value is -2.63. The lowest BCUT2D eigenvalue weighted by Crippen LogP contribution is -2.27. The number of hydrogen-bond donors (Lipinski definition) is 1. The number of pyridine rings is 1. The standard InChI is InChI=1S/C19H24N2O4/c1-6-13-11-16(21-18(23)25-19(3,4)5)14-10-12(17(22)24-7-2)8-9-15(14)20-13/h8-11H,6-7H2,1-5H3,(H,20,21,23). The molecule has 25 heavy (non-hydrogen) atoms. The zero-order chi connectivity index (χ0) is 18.6. The number of rotatable bonds is 4. The second-order valence-corrected chi connectivity index (χ2v) is 6.59. The number of aromatic nitrogens is 1. The highest BCUT2D eigenvalue weighted by molar-refractivity contribution is 6.02. The number of nitrogens with one attached hydrogen (secondary N) is 1. The lowest BCUT2D eigenvalue weighted by molar-refractivity contribution is 0.0525. The Morgan fingerprint density at radius 3 is 2.48 bits per heavy atom. The fourth-order valence-electron chi connectivity index (χ4n) is 2.32. The fraction of sp³-hybridized carbons (Fsp3) is 0.421. The quantitative estimate of drug-likeness (QED) is 0.836. The molecule has 0 saturated carbocycles. The van der Waals surface area contributed by atoms with Crippen LogP contribution in [-0.4, -0.2) is 29.3 Å². The van der Waals surface area contributed by atoms with Crippen molar-refractivity contribution < 1.29 is 19.1 Å². The second kappa shape index (κ2) is 7.51. The molecule has 1 amide bonds. The zero-order valence-corrected chi connectivity index (χ0v) is 15.3. The first-order valence-electron chi connectivity index (χ1n) is 8.34. The predicted molar refractivity (Wildman–Crippen MR) is 96.9 cm³/mol. The SMILES string of the molecule is CCOC(=O)c1ccc2nc(CC)cc(NC(=O)OC(C)(C)C)c2c1. The molecule has 0 aliphatic rings. The second-order valence-electron chi connectivity index (χ2n) is 6.59. The van der Waals surface area contributed by atoms with E-state index in [1.807, 2.05) is 6.92 Å². The molecule has 6 nitrogen and oxygen atoms in total. The average molecular weight is 344 g/mol. The van der Waals surface area contributed by atoms with Crippen LogP contribution >= 0.6 is 0 Å². The molecule has 1 N–H and O–H groups in total. The number of fused-ring (bicyclic) bond motifs is 1. The average Bonchev–Trinajstić information content (AvgIpc) is 2.52. The maximum absolute atomic E-state index is 12.1. The molecule has 0 bridgehead atoms. The van der Waals surface area contributed by atoms with Crippen LogP contribution in [0.2, 0.25) is 0 Å². The van der Waals surface area contributed by atoms with Crippen LogP contribution in [0.25, 0.3) is 10.9 Å². The van der Waals surface area contributed by atoms with Crippen molar-refractivity contribution in [2.24, 2.45) is 0 Å². The summed E-state index contributed by atoms with van der Waals surface area (Å²) >= 11 is 0. The summed E-state index contributed by atoms with van der Waals surface area (Å²) < 4.78 is 10.4. The summed E-state index contributed by atoms with van der Waals surface area (Å²) in [6.45, 7) is 9.43. The summed E-state index contributed by atoms with van der Waals surface area (Å²) in [6, 6.07) is 6.89. The maximum Gasteiger partial charge on any atom is 0.412 e. The van der Waals surface area contributed by atoms with Gasteiger partial charge >= 0.3 is 12.1 Å². The van der Waals surface area contributed by atoms with E-state index in [4.69, 9.17) is 9.47 Å². The number of ether oxygens (including phenoxy) is 2. The van der Waals surface area contributed by atoms with Crippen LogP contribution in [0.5, 0.6) is 0 Å². The zero-order valence-electron chi connectivity index (χ0n) is 15.3. The van der Waals surface area contributed by atoms with E-state index in [1.54, 1.807) is 52.0 Å². The van der Waals surface area contributed by atoms with Crippen LogP contribution < -0.4 is 5.32 Å². The molecule has 0 aliphatic carbocycles. The molecule has 2 aromatic rings. The fourth-order valence-corrected chi connectivity index (χ4v) is 2.32. The summed E-state index contributed by atoms with van der Waals surface area (Å²) in [7, 11) is 0. The number of amides is 1. The van der Waals surface area contributed by atoms with Gasteiger partial charge in [-0.25, -0.2) is 9.59 Å². The molecule has 0 fully saturated rings. The van der Waals surface area contributed by atoms with Crippen LogP contribution in [0.1, 0.15) is 50.7 Å². The van der Waals surface area contributed by atoms with Gasteiger partial charge in [0.05, 0.1) is 23.4 Å². The van der Waals surface area contributed by atoms with E-state index >= 15 is 0 Å². The highest BCUT2D eigenvalue weighted by Crippen LogP contribution is 2.26. The molecule has 0 atom stereocenters. The van der Waals surface area contributed by atoms with E-state index in [0.29, 0.717) is 28.8 Å². The van der Waals surface area contributed by atoms with Crippen LogP contribution in [0.15, 0.2) is 24.3 Å². The van der Waals surface area contributed by atoms with Crippen molar-refractivity contribution in [1.82, 2.24) is 4.98 Å². The normalized spacial score (nSPS) is 11.2. The maximum atomic E-state index is 12.1. The molecular weight excluding hydrogens is 320 g/mol. The largest absolute Gasteiger partial charge is 0.462 e. The molecule has 6 heteroatoms. The van der Waals surface area contributed by atoms with E-state index in [1.165, 1.54) is 0 Å². The summed E-state index contributed by atoms with van der Waals surface area (Å²) in [4.78, 5) is 28.7. The molecule has 1 heterocycles. The summed E-state index contributed by atoms with van der Waals surface area (Å²) in [5, 5.41) is 3.42. The van der Waals surface area contributed by atoms with E-state index in [9.17, 15) is 9.59 Å². The van der Waals surface area contributed by atoms with Gasteiger partial charge in [-0.05, 0) is 58.4 Å². The van der Waals surface area contributed by atoms with E-state index in [0.717, 1.165) is 12.1 Å². The highest BCUT2D eigenvalue weighted by atomic mass is 16.6. The van der Waals surface area contributed by atoms with Gasteiger partial charge in [-0.1, -0.05) is 6.92 Å². The number of anilines is 1. The Balaban J connectivity index is 2.45. The summed E-state index contributed by atoms with van der Waals surface area (Å²) in [5.41, 5.74) is 1.90. The van der Waals surface area contributed by atoms with Gasteiger partial charge in [-0.2, -0.15) is 0 Å². The molecular formula is C19H24N2O4. The highest BCUT2D eigenvalue weighted by Gasteiger charge is 2.18. The van der Waals surface area contributed by atoms with Crippen molar-refractivity contribution in [3.63, 3.8) is 0 Å². The van der Waals surface area contributed by atoms with Gasteiger partial charge in [0.25, 0.3) is 0 Å². The van der Waals surface area contributed by atoms with Gasteiger partial charge in [0.2, 0.25) is 0 Å². The third-order valence-corrected chi connectivity index (χ3v) is 3.37. The number of carbonyl (C=O) groups excluding carboxylic acids is 2. The number of carbonyl (C=O) groups is 2. The first-order valence-corrected chi connectivity index (χ1v) is 8.34. The Morgan fingerprint density at radius 1 is 1.16 bits per heavy atom. The smallest absolute Gasteiger partial charge is 0.412 e. The molecule has 0 aliphatic heterocycles. The van der Waals surface area contributed by atoms with Crippen LogP contribution in [-0.2, 0) is 15.9 Å². The molecule has 134 valence electrons. The minimum absolute atomic E-state index is 0.299. The topological polar surface area (TPSA) is 77.5 Å². The first kappa shape index (κ1) is 18.7. The minimum atomic E-state index is -0.601. The molecule has 0 spiro atoms. The Labute approximate surface area is 147 Å². The van der Waals surface area contributed by atoms with Gasteiger partial charge < -0.3 is 9.47 Å². The molecule has 0 unspecified atom stereocenters. The Morgan fingerprint density at radius 2 is 1.88 bits per heavy atom. The van der Waals surface area contributed by atoms with Crippen molar-refractivity contribution in [3.8, 4) is 0 Å². The summed E-state index contributed by atoms with van der Waals surface area (Å²) in [6.07, 6.45) is 0.169.